The summed E-state index contributed by atoms with van der Waals surface area (Å²) in [6, 6.07) is 24.8. The number of aromatic nitrogens is 1. The Morgan fingerprint density at radius 3 is 2.20 bits per heavy atom. The summed E-state index contributed by atoms with van der Waals surface area (Å²) in [6.07, 6.45) is -0.587. The van der Waals surface area contributed by atoms with Crippen LogP contribution >= 0.6 is 0 Å². The van der Waals surface area contributed by atoms with Crippen LogP contribution in [0.1, 0.15) is 55.6 Å². The van der Waals surface area contributed by atoms with Crippen LogP contribution in [0, 0.1) is 12.8 Å². The van der Waals surface area contributed by atoms with E-state index in [9.17, 15) is 19.5 Å². The quantitative estimate of drug-likeness (QED) is 0.139. The van der Waals surface area contributed by atoms with Gasteiger partial charge in [-0.2, -0.15) is 0 Å². The lowest BCUT2D eigenvalue weighted by atomic mass is 9.92. The van der Waals surface area contributed by atoms with Gasteiger partial charge in [0.05, 0.1) is 24.2 Å². The second-order valence-corrected chi connectivity index (χ2v) is 11.7. The lowest BCUT2D eigenvalue weighted by molar-refractivity contribution is -0.130. The van der Waals surface area contributed by atoms with E-state index in [1.54, 1.807) is 13.8 Å². The Hall–Kier alpha value is -4.47. The molecule has 1 heterocycles. The van der Waals surface area contributed by atoms with Crippen LogP contribution in [-0.4, -0.2) is 52.0 Å². The molecule has 0 radical (unpaired) electrons. The molecule has 3 aromatic carbocycles. The monoisotopic (exact) mass is 597 g/mol. The summed E-state index contributed by atoms with van der Waals surface area (Å²) in [5.41, 5.74) is 10.4. The number of benzene rings is 3. The van der Waals surface area contributed by atoms with Gasteiger partial charge in [-0.25, -0.2) is 0 Å². The summed E-state index contributed by atoms with van der Waals surface area (Å²) in [6.45, 7) is 6.88. The van der Waals surface area contributed by atoms with E-state index in [1.165, 1.54) is 6.92 Å². The summed E-state index contributed by atoms with van der Waals surface area (Å²) in [5.74, 6) is -1.70. The fourth-order valence-corrected chi connectivity index (χ4v) is 5.23. The molecule has 0 aliphatic carbocycles. The van der Waals surface area contributed by atoms with E-state index in [1.807, 2.05) is 91.9 Å². The molecule has 6 atom stereocenters. The highest BCUT2D eigenvalue weighted by Crippen LogP contribution is 2.27. The molecule has 4 rings (SSSR count). The molecule has 44 heavy (non-hydrogen) atoms. The van der Waals surface area contributed by atoms with Gasteiger partial charge >= 0.3 is 0 Å². The highest BCUT2D eigenvalue weighted by Gasteiger charge is 2.29. The Morgan fingerprint density at radius 2 is 1.52 bits per heavy atom. The Morgan fingerprint density at radius 1 is 0.818 bits per heavy atom. The van der Waals surface area contributed by atoms with Crippen LogP contribution in [0.25, 0.3) is 10.9 Å². The van der Waals surface area contributed by atoms with Gasteiger partial charge in [0.2, 0.25) is 17.7 Å². The SMILES string of the molecule is Cc1cccc(C(NC(=O)[C@H](C)C[C@H](O)[C@H](Cc2ccccc2)NC(=O)[C@H](C)NC(=O)[C@H](C)N)c2cc3ccccc3[nH]2)c1. The van der Waals surface area contributed by atoms with Gasteiger partial charge in [0.25, 0.3) is 0 Å². The lowest BCUT2D eigenvalue weighted by Crippen LogP contribution is -2.54. The largest absolute Gasteiger partial charge is 0.391 e. The maximum atomic E-state index is 13.6. The minimum atomic E-state index is -1.04. The topological polar surface area (TPSA) is 149 Å². The maximum absolute atomic E-state index is 13.6. The van der Waals surface area contributed by atoms with Crippen molar-refractivity contribution < 1.29 is 19.5 Å². The summed E-state index contributed by atoms with van der Waals surface area (Å²) < 4.78 is 0. The van der Waals surface area contributed by atoms with E-state index in [-0.39, 0.29) is 12.3 Å². The molecule has 7 N–H and O–H groups in total. The fourth-order valence-electron chi connectivity index (χ4n) is 5.23. The van der Waals surface area contributed by atoms with E-state index in [0.29, 0.717) is 6.42 Å². The minimum Gasteiger partial charge on any atom is -0.391 e. The number of para-hydroxylation sites is 1. The average Bonchev–Trinajstić information content (AvgIpc) is 3.43. The first-order valence-electron chi connectivity index (χ1n) is 15.0. The molecule has 1 unspecified atom stereocenters. The number of fused-ring (bicyclic) bond motifs is 1. The van der Waals surface area contributed by atoms with E-state index in [0.717, 1.165) is 33.3 Å². The summed E-state index contributed by atoms with van der Waals surface area (Å²) in [4.78, 5) is 42.2. The van der Waals surface area contributed by atoms with Crippen molar-refractivity contribution in [3.63, 3.8) is 0 Å². The predicted molar refractivity (Wildman–Crippen MR) is 173 cm³/mol. The van der Waals surface area contributed by atoms with Gasteiger partial charge in [-0.1, -0.05) is 85.3 Å². The molecule has 0 saturated heterocycles. The van der Waals surface area contributed by atoms with Crippen LogP contribution in [-0.2, 0) is 20.8 Å². The van der Waals surface area contributed by atoms with E-state index >= 15 is 0 Å². The third kappa shape index (κ3) is 8.55. The zero-order chi connectivity index (χ0) is 31.8. The van der Waals surface area contributed by atoms with Crippen LogP contribution in [0.2, 0.25) is 0 Å². The number of aromatic amines is 1. The van der Waals surface area contributed by atoms with Crippen LogP contribution in [0.3, 0.4) is 0 Å². The van der Waals surface area contributed by atoms with Crippen LogP contribution < -0.4 is 21.7 Å². The zero-order valence-corrected chi connectivity index (χ0v) is 25.7. The number of rotatable bonds is 13. The Kier molecular flexibility index (Phi) is 10.9. The van der Waals surface area contributed by atoms with E-state index in [4.69, 9.17) is 5.73 Å². The highest BCUT2D eigenvalue weighted by molar-refractivity contribution is 5.89. The number of carbonyl (C=O) groups is 3. The van der Waals surface area contributed by atoms with Crippen LogP contribution in [0.15, 0.2) is 84.9 Å². The van der Waals surface area contributed by atoms with E-state index < -0.39 is 48.0 Å². The molecule has 0 aliphatic rings. The summed E-state index contributed by atoms with van der Waals surface area (Å²) >= 11 is 0. The van der Waals surface area contributed by atoms with Crippen molar-refractivity contribution in [3.05, 3.63) is 107 Å². The molecule has 0 aliphatic heterocycles. The minimum absolute atomic E-state index is 0.109. The number of nitrogens with two attached hydrogens (primary N) is 1. The number of aliphatic hydroxyl groups is 1. The Labute approximate surface area is 258 Å². The van der Waals surface area contributed by atoms with Crippen molar-refractivity contribution in [2.24, 2.45) is 11.7 Å². The number of aliphatic hydroxyl groups excluding tert-OH is 1. The Bertz CT molecular complexity index is 1530. The highest BCUT2D eigenvalue weighted by atomic mass is 16.3. The molecule has 0 bridgehead atoms. The first-order valence-corrected chi connectivity index (χ1v) is 15.0. The van der Waals surface area contributed by atoms with Gasteiger partial charge in [0, 0.05) is 17.1 Å². The standard InChI is InChI=1S/C35H43N5O4/c1-21-11-10-15-27(17-21)32(30-20-26-14-8-9-16-28(26)38-30)40-33(42)22(2)18-31(41)29(19-25-12-6-5-7-13-25)39-35(44)24(4)37-34(43)23(3)36/h5-17,20,22-24,29,31-32,38,41H,18-19,36H2,1-4H3,(H,37,43)(H,39,44)(H,40,42)/t22-,23+,24+,29+,31+,32?/m1/s1. The molecule has 0 saturated carbocycles. The van der Waals surface area contributed by atoms with Gasteiger partial charge in [0.1, 0.15) is 6.04 Å². The summed E-state index contributed by atoms with van der Waals surface area (Å²) in [5, 5.41) is 21.1. The van der Waals surface area contributed by atoms with Gasteiger partial charge in [-0.05, 0) is 62.3 Å². The number of aryl methyl sites for hydroxylation is 1. The van der Waals surface area contributed by atoms with Crippen molar-refractivity contribution in [2.75, 3.05) is 0 Å². The van der Waals surface area contributed by atoms with Gasteiger partial charge in [-0.15, -0.1) is 0 Å². The van der Waals surface area contributed by atoms with Crippen molar-refractivity contribution >= 4 is 28.6 Å². The smallest absolute Gasteiger partial charge is 0.242 e. The number of H-pyrrole nitrogens is 1. The number of hydrogen-bond donors (Lipinski definition) is 6. The molecule has 3 amide bonds. The molecule has 1 aromatic heterocycles. The molecule has 9 nitrogen and oxygen atoms in total. The first-order chi connectivity index (χ1) is 21.0. The number of carbonyl (C=O) groups excluding carboxylic acids is 3. The van der Waals surface area contributed by atoms with Crippen LogP contribution in [0.4, 0.5) is 0 Å². The Balaban J connectivity index is 1.50. The normalized spacial score (nSPS) is 15.4. The molecule has 0 spiro atoms. The van der Waals surface area contributed by atoms with Gasteiger partial charge in [0.15, 0.2) is 0 Å². The number of nitrogens with one attached hydrogen (secondary N) is 4. The molecule has 0 fully saturated rings. The summed E-state index contributed by atoms with van der Waals surface area (Å²) in [7, 11) is 0. The molecule has 9 heteroatoms. The molecular formula is C35H43N5O4. The third-order valence-corrected chi connectivity index (χ3v) is 7.82. The van der Waals surface area contributed by atoms with Gasteiger partial charge < -0.3 is 31.8 Å². The first kappa shape index (κ1) is 32.4. The maximum Gasteiger partial charge on any atom is 0.242 e. The van der Waals surface area contributed by atoms with E-state index in [2.05, 4.69) is 20.9 Å². The zero-order valence-electron chi connectivity index (χ0n) is 25.7. The van der Waals surface area contributed by atoms with Gasteiger partial charge in [-0.3, -0.25) is 14.4 Å². The number of hydrogen-bond acceptors (Lipinski definition) is 5. The van der Waals surface area contributed by atoms with Crippen LogP contribution in [0.5, 0.6) is 0 Å². The second-order valence-electron chi connectivity index (χ2n) is 11.7. The predicted octanol–water partition coefficient (Wildman–Crippen LogP) is 3.65. The third-order valence-electron chi connectivity index (χ3n) is 7.82. The van der Waals surface area contributed by atoms with Crippen molar-refractivity contribution in [1.29, 1.82) is 0 Å². The molecule has 232 valence electrons. The second kappa shape index (κ2) is 14.8. The molecule has 4 aromatic rings. The average molecular weight is 598 g/mol. The fraction of sp³-hybridized carbons (Fsp3) is 0.343. The molecular weight excluding hydrogens is 554 g/mol. The van der Waals surface area contributed by atoms with Crippen molar-refractivity contribution in [3.8, 4) is 0 Å². The lowest BCUT2D eigenvalue weighted by Gasteiger charge is -2.28. The van der Waals surface area contributed by atoms with Crippen molar-refractivity contribution in [1.82, 2.24) is 20.9 Å². The van der Waals surface area contributed by atoms with Crippen molar-refractivity contribution in [2.45, 2.75) is 70.8 Å². The number of amides is 3.